The molecule has 0 nitrogen and oxygen atoms in total. The quantitative estimate of drug-likeness (QED) is 0.549. The van der Waals surface area contributed by atoms with Crippen molar-refractivity contribution in [3.05, 3.63) is 69.9 Å². The van der Waals surface area contributed by atoms with E-state index in [0.717, 1.165) is 19.3 Å². The normalized spacial score (nSPS) is 12.4. The van der Waals surface area contributed by atoms with Crippen LogP contribution in [0.5, 0.6) is 0 Å². The first-order valence-corrected chi connectivity index (χ1v) is 8.00. The van der Waals surface area contributed by atoms with E-state index >= 15 is 0 Å². The average Bonchev–Trinajstić information content (AvgIpc) is 2.43. The van der Waals surface area contributed by atoms with Gasteiger partial charge in [-0.05, 0) is 58.5 Å². The zero-order chi connectivity index (χ0) is 13.7. The highest BCUT2D eigenvalue weighted by Crippen LogP contribution is 2.28. The summed E-state index contributed by atoms with van der Waals surface area (Å²) in [7, 11) is 0. The third kappa shape index (κ3) is 4.43. The Bertz CT molecular complexity index is 526. The lowest BCUT2D eigenvalue weighted by molar-refractivity contribution is 0.619. The highest BCUT2D eigenvalue weighted by Gasteiger charge is 2.07. The van der Waals surface area contributed by atoms with Crippen LogP contribution in [0.25, 0.3) is 0 Å². The Morgan fingerprint density at radius 2 is 1.79 bits per heavy atom. The summed E-state index contributed by atoms with van der Waals surface area (Å²) >= 11 is 6.94. The zero-order valence-electron chi connectivity index (χ0n) is 10.5. The van der Waals surface area contributed by atoms with Crippen molar-refractivity contribution in [2.45, 2.75) is 24.1 Å². The molecule has 0 heterocycles. The van der Waals surface area contributed by atoms with E-state index in [1.54, 1.807) is 0 Å². The fraction of sp³-hybridized carbons (Fsp3) is 0.250. The van der Waals surface area contributed by atoms with E-state index in [1.807, 2.05) is 18.2 Å². The summed E-state index contributed by atoms with van der Waals surface area (Å²) in [6.07, 6.45) is 3.11. The molecule has 2 aromatic rings. The second-order valence-electron chi connectivity index (χ2n) is 4.52. The van der Waals surface area contributed by atoms with Gasteiger partial charge >= 0.3 is 0 Å². The van der Waals surface area contributed by atoms with Crippen molar-refractivity contribution in [2.75, 3.05) is 0 Å². The van der Waals surface area contributed by atoms with Crippen LogP contribution in [0.4, 0.5) is 4.39 Å². The monoisotopic (exact) mass is 384 g/mol. The largest absolute Gasteiger partial charge is 0.206 e. The number of halogens is 3. The van der Waals surface area contributed by atoms with Gasteiger partial charge in [-0.1, -0.05) is 52.3 Å². The van der Waals surface area contributed by atoms with Gasteiger partial charge in [-0.15, -0.1) is 0 Å². The van der Waals surface area contributed by atoms with E-state index in [2.05, 4.69) is 56.1 Å². The maximum absolute atomic E-state index is 13.1. The van der Waals surface area contributed by atoms with Crippen LogP contribution >= 0.6 is 31.9 Å². The van der Waals surface area contributed by atoms with Crippen LogP contribution in [0, 0.1) is 5.82 Å². The van der Waals surface area contributed by atoms with Gasteiger partial charge in [0.1, 0.15) is 5.82 Å². The molecule has 1 atom stereocenters. The molecule has 0 saturated carbocycles. The smallest absolute Gasteiger partial charge is 0.137 e. The van der Waals surface area contributed by atoms with Crippen LogP contribution in [0.1, 0.15) is 28.8 Å². The van der Waals surface area contributed by atoms with Crippen LogP contribution in [0.3, 0.4) is 0 Å². The molecule has 0 amide bonds. The van der Waals surface area contributed by atoms with Gasteiger partial charge in [0.05, 0.1) is 4.47 Å². The van der Waals surface area contributed by atoms with Crippen LogP contribution in [0.15, 0.2) is 53.0 Å². The molecule has 0 aliphatic carbocycles. The highest BCUT2D eigenvalue weighted by molar-refractivity contribution is 9.10. The summed E-state index contributed by atoms with van der Waals surface area (Å²) in [5.41, 5.74) is 2.48. The van der Waals surface area contributed by atoms with E-state index in [1.165, 1.54) is 17.2 Å². The van der Waals surface area contributed by atoms with Crippen molar-refractivity contribution in [3.8, 4) is 0 Å². The first kappa shape index (κ1) is 14.7. The molecular formula is C16H15Br2F. The topological polar surface area (TPSA) is 0 Å². The molecule has 0 bridgehead atoms. The maximum atomic E-state index is 13.1. The van der Waals surface area contributed by atoms with E-state index < -0.39 is 0 Å². The molecule has 100 valence electrons. The summed E-state index contributed by atoms with van der Waals surface area (Å²) in [6, 6.07) is 15.6. The summed E-state index contributed by atoms with van der Waals surface area (Å²) in [4.78, 5) is 0.387. The van der Waals surface area contributed by atoms with E-state index in [0.29, 0.717) is 9.30 Å². The molecule has 0 fully saturated rings. The van der Waals surface area contributed by atoms with Crippen LogP contribution in [0.2, 0.25) is 0 Å². The third-order valence-corrected chi connectivity index (χ3v) is 4.66. The SMILES string of the molecule is Fc1ccc(CCCC(Br)c2ccccc2)cc1Br. The Kier molecular flexibility index (Phi) is 5.59. The Balaban J connectivity index is 1.85. The number of benzene rings is 2. The van der Waals surface area contributed by atoms with Gasteiger partial charge in [-0.3, -0.25) is 0 Å². The zero-order valence-corrected chi connectivity index (χ0v) is 13.6. The summed E-state index contributed by atoms with van der Waals surface area (Å²) in [5.74, 6) is -0.202. The fourth-order valence-electron chi connectivity index (χ4n) is 2.01. The summed E-state index contributed by atoms with van der Waals surface area (Å²) in [5, 5.41) is 0. The van der Waals surface area contributed by atoms with Crippen molar-refractivity contribution >= 4 is 31.9 Å². The molecule has 0 spiro atoms. The molecule has 2 aromatic carbocycles. The van der Waals surface area contributed by atoms with Gasteiger partial charge in [0, 0.05) is 4.83 Å². The minimum absolute atomic E-state index is 0.202. The van der Waals surface area contributed by atoms with Gasteiger partial charge < -0.3 is 0 Å². The lowest BCUT2D eigenvalue weighted by Crippen LogP contribution is -1.93. The standard InChI is InChI=1S/C16H15Br2F/c17-14(13-6-2-1-3-7-13)8-4-5-12-9-10-16(19)15(18)11-12/h1-3,6-7,9-11,14H,4-5,8H2. The van der Waals surface area contributed by atoms with Gasteiger partial charge in [0.15, 0.2) is 0 Å². The van der Waals surface area contributed by atoms with Crippen molar-refractivity contribution in [1.29, 1.82) is 0 Å². The minimum atomic E-state index is -0.202. The molecule has 2 rings (SSSR count). The highest BCUT2D eigenvalue weighted by atomic mass is 79.9. The Labute approximate surface area is 130 Å². The molecule has 0 radical (unpaired) electrons. The Hall–Kier alpha value is -0.670. The fourth-order valence-corrected chi connectivity index (χ4v) is 3.06. The predicted octanol–water partition coefficient (Wildman–Crippen LogP) is 6.05. The van der Waals surface area contributed by atoms with Gasteiger partial charge in [-0.25, -0.2) is 4.39 Å². The number of aryl methyl sites for hydroxylation is 1. The van der Waals surface area contributed by atoms with Crippen LogP contribution < -0.4 is 0 Å². The first-order valence-electron chi connectivity index (χ1n) is 6.30. The second kappa shape index (κ2) is 7.20. The predicted molar refractivity (Wildman–Crippen MR) is 85.1 cm³/mol. The maximum Gasteiger partial charge on any atom is 0.137 e. The van der Waals surface area contributed by atoms with Crippen LogP contribution in [-0.4, -0.2) is 0 Å². The van der Waals surface area contributed by atoms with Gasteiger partial charge in [0.2, 0.25) is 0 Å². The first-order chi connectivity index (χ1) is 9.16. The van der Waals surface area contributed by atoms with Crippen LogP contribution in [-0.2, 0) is 6.42 Å². The minimum Gasteiger partial charge on any atom is -0.206 e. The Morgan fingerprint density at radius 3 is 2.47 bits per heavy atom. The Morgan fingerprint density at radius 1 is 1.05 bits per heavy atom. The lowest BCUT2D eigenvalue weighted by atomic mass is 10.0. The summed E-state index contributed by atoms with van der Waals surface area (Å²) in [6.45, 7) is 0. The molecule has 3 heteroatoms. The van der Waals surface area contributed by atoms with Gasteiger partial charge in [-0.2, -0.15) is 0 Å². The number of hydrogen-bond acceptors (Lipinski definition) is 0. The van der Waals surface area contributed by atoms with E-state index in [4.69, 9.17) is 0 Å². The molecule has 0 aliphatic heterocycles. The third-order valence-electron chi connectivity index (χ3n) is 3.07. The van der Waals surface area contributed by atoms with Crippen molar-refractivity contribution < 1.29 is 4.39 Å². The van der Waals surface area contributed by atoms with Gasteiger partial charge in [0.25, 0.3) is 0 Å². The van der Waals surface area contributed by atoms with Crippen molar-refractivity contribution in [2.24, 2.45) is 0 Å². The molecule has 0 saturated heterocycles. The number of rotatable bonds is 5. The molecule has 1 unspecified atom stereocenters. The lowest BCUT2D eigenvalue weighted by Gasteiger charge is -2.10. The molecular weight excluding hydrogens is 371 g/mol. The van der Waals surface area contributed by atoms with E-state index in [-0.39, 0.29) is 5.82 Å². The molecule has 0 aliphatic rings. The number of hydrogen-bond donors (Lipinski definition) is 0. The molecule has 0 aromatic heterocycles. The average molecular weight is 386 g/mol. The van der Waals surface area contributed by atoms with Crippen molar-refractivity contribution in [1.82, 2.24) is 0 Å². The molecule has 0 N–H and O–H groups in total. The summed E-state index contributed by atoms with van der Waals surface area (Å²) < 4.78 is 13.7. The second-order valence-corrected chi connectivity index (χ2v) is 6.48. The number of alkyl halides is 1. The molecule has 19 heavy (non-hydrogen) atoms. The van der Waals surface area contributed by atoms with E-state index in [9.17, 15) is 4.39 Å². The van der Waals surface area contributed by atoms with Crippen molar-refractivity contribution in [3.63, 3.8) is 0 Å².